The molecule has 0 aliphatic carbocycles. The highest BCUT2D eigenvalue weighted by Gasteiger charge is 2.11. The molecule has 6 nitrogen and oxygen atoms in total. The summed E-state index contributed by atoms with van der Waals surface area (Å²) < 4.78 is 0. The Labute approximate surface area is 154 Å². The Hall–Kier alpha value is -3.02. The van der Waals surface area contributed by atoms with E-state index in [-0.39, 0.29) is 0 Å². The fourth-order valence-corrected chi connectivity index (χ4v) is 2.70. The van der Waals surface area contributed by atoms with Gasteiger partial charge in [0.05, 0.1) is 5.69 Å². The number of anilines is 2. The normalized spacial score (nSPS) is 11.2. The Morgan fingerprint density at radius 1 is 0.885 bits per heavy atom. The molecule has 0 N–H and O–H groups in total. The predicted octanol–water partition coefficient (Wildman–Crippen LogP) is 3.50. The van der Waals surface area contributed by atoms with Crippen molar-refractivity contribution in [1.82, 2.24) is 19.9 Å². The smallest absolute Gasteiger partial charge is 0.228 e. The van der Waals surface area contributed by atoms with Crippen molar-refractivity contribution in [3.8, 4) is 0 Å². The van der Waals surface area contributed by atoms with Crippen molar-refractivity contribution in [2.24, 2.45) is 0 Å². The molecule has 3 aromatic rings. The van der Waals surface area contributed by atoms with Crippen molar-refractivity contribution in [2.75, 3.05) is 37.0 Å². The van der Waals surface area contributed by atoms with Gasteiger partial charge in [-0.3, -0.25) is 0 Å². The van der Waals surface area contributed by atoms with Crippen LogP contribution >= 0.6 is 0 Å². The summed E-state index contributed by atoms with van der Waals surface area (Å²) in [6.45, 7) is 5.87. The van der Waals surface area contributed by atoms with Crippen LogP contribution in [0.4, 0.5) is 11.6 Å². The van der Waals surface area contributed by atoms with Crippen LogP contribution in [0.2, 0.25) is 0 Å². The lowest BCUT2D eigenvalue weighted by atomic mass is 10.1. The third-order valence-corrected chi connectivity index (χ3v) is 4.24. The highest BCUT2D eigenvalue weighted by Crippen LogP contribution is 2.19. The molecule has 0 aliphatic heterocycles. The van der Waals surface area contributed by atoms with E-state index in [0.717, 1.165) is 24.3 Å². The van der Waals surface area contributed by atoms with Gasteiger partial charge in [-0.25, -0.2) is 15.0 Å². The van der Waals surface area contributed by atoms with E-state index in [1.165, 1.54) is 5.69 Å². The average Bonchev–Trinajstić information content (AvgIpc) is 2.67. The van der Waals surface area contributed by atoms with Gasteiger partial charge in [0.15, 0.2) is 5.65 Å². The molecule has 0 radical (unpaired) electrons. The molecule has 1 aromatic carbocycles. The first-order valence-electron chi connectivity index (χ1n) is 8.81. The lowest BCUT2D eigenvalue weighted by Gasteiger charge is -2.18. The van der Waals surface area contributed by atoms with Crippen molar-refractivity contribution in [3.63, 3.8) is 0 Å². The molecule has 0 unspecified atom stereocenters. The molecule has 134 valence electrons. The zero-order valence-corrected chi connectivity index (χ0v) is 15.7. The number of nitrogens with zero attached hydrogens (tertiary/aromatic N) is 6. The number of fused-ring (bicyclic) bond motifs is 1. The standard InChI is InChI=1S/C20H24N6/c1-5-26(6-2)20-23-17(18-19(24-20)22-14-13-21-18)12-9-15-7-10-16(11-8-15)25(3)4/h7-14H,5-6H2,1-4H3. The second kappa shape index (κ2) is 7.91. The van der Waals surface area contributed by atoms with E-state index in [1.54, 1.807) is 12.4 Å². The summed E-state index contributed by atoms with van der Waals surface area (Å²) in [5.41, 5.74) is 4.39. The molecule has 0 amide bonds. The summed E-state index contributed by atoms with van der Waals surface area (Å²) in [7, 11) is 4.07. The van der Waals surface area contributed by atoms with Crippen LogP contribution in [0.25, 0.3) is 23.3 Å². The van der Waals surface area contributed by atoms with Crippen molar-refractivity contribution >= 4 is 35.0 Å². The van der Waals surface area contributed by atoms with E-state index in [2.05, 4.69) is 62.9 Å². The minimum atomic E-state index is 0.618. The topological polar surface area (TPSA) is 58.0 Å². The predicted molar refractivity (Wildman–Crippen MR) is 108 cm³/mol. The summed E-state index contributed by atoms with van der Waals surface area (Å²) in [5, 5.41) is 0. The molecule has 0 fully saturated rings. The minimum absolute atomic E-state index is 0.618. The lowest BCUT2D eigenvalue weighted by molar-refractivity contribution is 0.823. The summed E-state index contributed by atoms with van der Waals surface area (Å²) in [4.78, 5) is 22.3. The van der Waals surface area contributed by atoms with Crippen LogP contribution in [0.1, 0.15) is 25.1 Å². The van der Waals surface area contributed by atoms with Gasteiger partial charge in [0, 0.05) is 45.3 Å². The quantitative estimate of drug-likeness (QED) is 0.679. The van der Waals surface area contributed by atoms with Crippen LogP contribution in [0.15, 0.2) is 36.7 Å². The van der Waals surface area contributed by atoms with Gasteiger partial charge >= 0.3 is 0 Å². The van der Waals surface area contributed by atoms with Gasteiger partial charge in [-0.1, -0.05) is 18.2 Å². The van der Waals surface area contributed by atoms with Crippen molar-refractivity contribution in [3.05, 3.63) is 47.9 Å². The fourth-order valence-electron chi connectivity index (χ4n) is 2.70. The maximum absolute atomic E-state index is 4.72. The van der Waals surface area contributed by atoms with Crippen LogP contribution in [0.5, 0.6) is 0 Å². The summed E-state index contributed by atoms with van der Waals surface area (Å²) in [5.74, 6) is 0.686. The molecule has 2 heterocycles. The van der Waals surface area contributed by atoms with E-state index in [4.69, 9.17) is 4.98 Å². The molecule has 0 spiro atoms. The number of aromatic nitrogens is 4. The Morgan fingerprint density at radius 2 is 1.58 bits per heavy atom. The number of hydrogen-bond donors (Lipinski definition) is 0. The van der Waals surface area contributed by atoms with E-state index in [1.807, 2.05) is 26.2 Å². The number of rotatable bonds is 6. The maximum atomic E-state index is 4.72. The number of benzene rings is 1. The average molecular weight is 348 g/mol. The molecule has 0 saturated carbocycles. The Kier molecular flexibility index (Phi) is 5.41. The van der Waals surface area contributed by atoms with Crippen molar-refractivity contribution < 1.29 is 0 Å². The highest BCUT2D eigenvalue weighted by molar-refractivity contribution is 5.84. The largest absolute Gasteiger partial charge is 0.378 e. The van der Waals surface area contributed by atoms with Crippen LogP contribution in [0.3, 0.4) is 0 Å². The molecule has 3 rings (SSSR count). The van der Waals surface area contributed by atoms with Gasteiger partial charge in [-0.15, -0.1) is 0 Å². The van der Waals surface area contributed by atoms with Gasteiger partial charge in [-0.05, 0) is 37.6 Å². The van der Waals surface area contributed by atoms with Gasteiger partial charge < -0.3 is 9.80 Å². The van der Waals surface area contributed by atoms with E-state index < -0.39 is 0 Å². The Morgan fingerprint density at radius 3 is 2.23 bits per heavy atom. The SMILES string of the molecule is CCN(CC)c1nc(C=Cc2ccc(N(C)C)cc2)c2nccnc2n1. The molecule has 26 heavy (non-hydrogen) atoms. The van der Waals surface area contributed by atoms with E-state index in [9.17, 15) is 0 Å². The number of hydrogen-bond acceptors (Lipinski definition) is 6. The van der Waals surface area contributed by atoms with Gasteiger partial charge in [-0.2, -0.15) is 4.98 Å². The third-order valence-electron chi connectivity index (χ3n) is 4.24. The van der Waals surface area contributed by atoms with Crippen LogP contribution < -0.4 is 9.80 Å². The van der Waals surface area contributed by atoms with Gasteiger partial charge in [0.1, 0.15) is 5.52 Å². The molecule has 0 saturated heterocycles. The molecular weight excluding hydrogens is 324 g/mol. The van der Waals surface area contributed by atoms with Gasteiger partial charge in [0.25, 0.3) is 0 Å². The molecule has 0 aliphatic rings. The summed E-state index contributed by atoms with van der Waals surface area (Å²) in [6, 6.07) is 8.37. The minimum Gasteiger partial charge on any atom is -0.378 e. The van der Waals surface area contributed by atoms with Crippen LogP contribution in [0, 0.1) is 0 Å². The van der Waals surface area contributed by atoms with Crippen LogP contribution in [-0.2, 0) is 0 Å². The lowest BCUT2D eigenvalue weighted by Crippen LogP contribution is -2.24. The van der Waals surface area contributed by atoms with Crippen molar-refractivity contribution in [1.29, 1.82) is 0 Å². The third kappa shape index (κ3) is 3.79. The first-order chi connectivity index (χ1) is 12.6. The molecule has 0 atom stereocenters. The second-order valence-electron chi connectivity index (χ2n) is 6.13. The molecular formula is C20H24N6. The summed E-state index contributed by atoms with van der Waals surface area (Å²) >= 11 is 0. The maximum Gasteiger partial charge on any atom is 0.228 e. The highest BCUT2D eigenvalue weighted by atomic mass is 15.3. The van der Waals surface area contributed by atoms with E-state index in [0.29, 0.717) is 17.1 Å². The Balaban J connectivity index is 1.99. The monoisotopic (exact) mass is 348 g/mol. The zero-order chi connectivity index (χ0) is 18.5. The Bertz CT molecular complexity index is 898. The first kappa shape index (κ1) is 17.8. The fraction of sp³-hybridized carbons (Fsp3) is 0.300. The summed E-state index contributed by atoms with van der Waals surface area (Å²) in [6.07, 6.45) is 7.36. The molecule has 0 bridgehead atoms. The van der Waals surface area contributed by atoms with E-state index >= 15 is 0 Å². The molecule has 6 heteroatoms. The van der Waals surface area contributed by atoms with Crippen molar-refractivity contribution in [2.45, 2.75) is 13.8 Å². The zero-order valence-electron chi connectivity index (χ0n) is 15.7. The van der Waals surface area contributed by atoms with Crippen LogP contribution in [-0.4, -0.2) is 47.1 Å². The second-order valence-corrected chi connectivity index (χ2v) is 6.13. The first-order valence-corrected chi connectivity index (χ1v) is 8.81. The van der Waals surface area contributed by atoms with Gasteiger partial charge in [0.2, 0.25) is 5.95 Å². The molecule has 2 aromatic heterocycles.